The summed E-state index contributed by atoms with van der Waals surface area (Å²) >= 11 is 5.93. The molecule has 4 nitrogen and oxygen atoms in total. The molecule has 2 aliphatic rings. The topological polar surface area (TPSA) is 50.4 Å². The Bertz CT molecular complexity index is 877. The van der Waals surface area contributed by atoms with E-state index in [1.807, 2.05) is 19.1 Å². The standard InChI is InChI=1S/C22H24ClFN2O2/c1-13-2-7-21(18(8-13)15-3-6-20(24)19(23)11-15)28-22(27)25-12-14-9-16-4-5-17(10-14)26-16/h2-3,6-8,11,14,16-17,26H,4-5,9-10,12H2,1H3,(H,25,27). The average molecular weight is 403 g/mol. The van der Waals surface area contributed by atoms with E-state index in [-0.39, 0.29) is 5.02 Å². The molecular weight excluding hydrogens is 379 g/mol. The lowest BCUT2D eigenvalue weighted by molar-refractivity contribution is 0.195. The fraction of sp³-hybridized carbons (Fsp3) is 0.409. The summed E-state index contributed by atoms with van der Waals surface area (Å²) in [7, 11) is 0. The van der Waals surface area contributed by atoms with Gasteiger partial charge in [0.2, 0.25) is 0 Å². The van der Waals surface area contributed by atoms with Crippen molar-refractivity contribution in [3.05, 3.63) is 52.8 Å². The van der Waals surface area contributed by atoms with Gasteiger partial charge in [-0.25, -0.2) is 9.18 Å². The number of carbonyl (C=O) groups is 1. The molecule has 2 aromatic carbocycles. The number of hydrogen-bond acceptors (Lipinski definition) is 3. The molecule has 0 spiro atoms. The highest BCUT2D eigenvalue weighted by Gasteiger charge is 2.33. The van der Waals surface area contributed by atoms with Crippen LogP contribution in [-0.4, -0.2) is 24.7 Å². The molecule has 2 heterocycles. The highest BCUT2D eigenvalue weighted by Crippen LogP contribution is 2.34. The molecule has 2 aromatic rings. The molecule has 28 heavy (non-hydrogen) atoms. The maximum Gasteiger partial charge on any atom is 0.412 e. The number of nitrogens with one attached hydrogen (secondary N) is 2. The monoisotopic (exact) mass is 402 g/mol. The quantitative estimate of drug-likeness (QED) is 0.750. The van der Waals surface area contributed by atoms with E-state index < -0.39 is 11.9 Å². The summed E-state index contributed by atoms with van der Waals surface area (Å²) in [4.78, 5) is 12.4. The molecule has 2 N–H and O–H groups in total. The highest BCUT2D eigenvalue weighted by atomic mass is 35.5. The van der Waals surface area contributed by atoms with E-state index >= 15 is 0 Å². The van der Waals surface area contributed by atoms with Gasteiger partial charge in [-0.1, -0.05) is 29.3 Å². The molecule has 2 aliphatic heterocycles. The van der Waals surface area contributed by atoms with Gasteiger partial charge in [-0.3, -0.25) is 0 Å². The molecule has 4 rings (SSSR count). The largest absolute Gasteiger partial charge is 0.412 e. The Morgan fingerprint density at radius 1 is 1.21 bits per heavy atom. The molecule has 2 fully saturated rings. The molecule has 2 bridgehead atoms. The minimum Gasteiger partial charge on any atom is -0.410 e. The summed E-state index contributed by atoms with van der Waals surface area (Å²) in [6.45, 7) is 2.57. The second kappa shape index (κ2) is 8.10. The minimum absolute atomic E-state index is 0.0370. The van der Waals surface area contributed by atoms with E-state index in [9.17, 15) is 9.18 Å². The first-order chi connectivity index (χ1) is 13.5. The Balaban J connectivity index is 1.44. The van der Waals surface area contributed by atoms with Crippen LogP contribution in [0.5, 0.6) is 5.75 Å². The van der Waals surface area contributed by atoms with Crippen molar-refractivity contribution >= 4 is 17.7 Å². The molecule has 2 atom stereocenters. The normalized spacial score (nSPS) is 23.5. The zero-order chi connectivity index (χ0) is 19.7. The van der Waals surface area contributed by atoms with Crippen LogP contribution in [0.2, 0.25) is 5.02 Å². The third-order valence-corrected chi connectivity index (χ3v) is 5.96. The summed E-state index contributed by atoms with van der Waals surface area (Å²) in [5, 5.41) is 6.55. The van der Waals surface area contributed by atoms with Gasteiger partial charge >= 0.3 is 6.09 Å². The predicted molar refractivity (Wildman–Crippen MR) is 108 cm³/mol. The maximum absolute atomic E-state index is 13.5. The van der Waals surface area contributed by atoms with Gasteiger partial charge in [-0.2, -0.15) is 0 Å². The first-order valence-electron chi connectivity index (χ1n) is 9.76. The lowest BCUT2D eigenvalue weighted by Gasteiger charge is -2.29. The van der Waals surface area contributed by atoms with Crippen molar-refractivity contribution in [3.63, 3.8) is 0 Å². The van der Waals surface area contributed by atoms with Gasteiger partial charge < -0.3 is 15.4 Å². The van der Waals surface area contributed by atoms with Crippen LogP contribution in [0.1, 0.15) is 31.2 Å². The van der Waals surface area contributed by atoms with E-state index in [4.69, 9.17) is 16.3 Å². The molecular formula is C22H24ClFN2O2. The van der Waals surface area contributed by atoms with Crippen molar-refractivity contribution in [3.8, 4) is 16.9 Å². The number of rotatable bonds is 4. The number of fused-ring (bicyclic) bond motifs is 2. The van der Waals surface area contributed by atoms with Gasteiger partial charge in [0.25, 0.3) is 0 Å². The average Bonchev–Trinajstić information content (AvgIpc) is 3.02. The molecule has 2 saturated heterocycles. The first kappa shape index (κ1) is 19.2. The number of carbonyl (C=O) groups excluding carboxylic acids is 1. The van der Waals surface area contributed by atoms with Crippen LogP contribution in [0.4, 0.5) is 9.18 Å². The number of halogens is 2. The fourth-order valence-corrected chi connectivity index (χ4v) is 4.51. The van der Waals surface area contributed by atoms with Crippen LogP contribution in [-0.2, 0) is 0 Å². The van der Waals surface area contributed by atoms with Gasteiger partial charge in [0.05, 0.1) is 5.02 Å². The predicted octanol–water partition coefficient (Wildman–Crippen LogP) is 5.07. The van der Waals surface area contributed by atoms with Gasteiger partial charge in [-0.05, 0) is 68.4 Å². The molecule has 2 unspecified atom stereocenters. The van der Waals surface area contributed by atoms with Crippen molar-refractivity contribution in [2.75, 3.05) is 6.54 Å². The minimum atomic E-state index is -0.478. The lowest BCUT2D eigenvalue weighted by atomic mass is 9.92. The number of piperidine rings is 1. The highest BCUT2D eigenvalue weighted by molar-refractivity contribution is 6.31. The maximum atomic E-state index is 13.5. The summed E-state index contributed by atoms with van der Waals surface area (Å²) in [6.07, 6.45) is 4.20. The fourth-order valence-electron chi connectivity index (χ4n) is 4.33. The van der Waals surface area contributed by atoms with Crippen molar-refractivity contribution in [2.24, 2.45) is 5.92 Å². The Morgan fingerprint density at radius 2 is 1.96 bits per heavy atom. The van der Waals surface area contributed by atoms with E-state index in [0.29, 0.717) is 41.4 Å². The van der Waals surface area contributed by atoms with Crippen molar-refractivity contribution in [1.29, 1.82) is 0 Å². The number of aryl methyl sites for hydroxylation is 1. The Labute approximate surface area is 169 Å². The van der Waals surface area contributed by atoms with Crippen LogP contribution < -0.4 is 15.4 Å². The second-order valence-corrected chi connectivity index (χ2v) is 8.28. The van der Waals surface area contributed by atoms with Crippen LogP contribution in [0, 0.1) is 18.7 Å². The first-order valence-corrected chi connectivity index (χ1v) is 10.1. The number of amides is 1. The Kier molecular flexibility index (Phi) is 5.56. The molecule has 0 aromatic heterocycles. The van der Waals surface area contributed by atoms with Crippen LogP contribution in [0.15, 0.2) is 36.4 Å². The third-order valence-electron chi connectivity index (χ3n) is 5.67. The van der Waals surface area contributed by atoms with Gasteiger partial charge in [-0.15, -0.1) is 0 Å². The van der Waals surface area contributed by atoms with Gasteiger partial charge in [0.15, 0.2) is 0 Å². The van der Waals surface area contributed by atoms with Crippen molar-refractivity contribution in [1.82, 2.24) is 10.6 Å². The second-order valence-electron chi connectivity index (χ2n) is 7.87. The zero-order valence-corrected chi connectivity index (χ0v) is 16.6. The van der Waals surface area contributed by atoms with E-state index in [0.717, 1.165) is 18.4 Å². The number of benzene rings is 2. The van der Waals surface area contributed by atoms with E-state index in [1.165, 1.54) is 18.9 Å². The van der Waals surface area contributed by atoms with Crippen molar-refractivity contribution < 1.29 is 13.9 Å². The van der Waals surface area contributed by atoms with Crippen molar-refractivity contribution in [2.45, 2.75) is 44.7 Å². The molecule has 1 amide bonds. The van der Waals surface area contributed by atoms with Gasteiger partial charge in [0.1, 0.15) is 11.6 Å². The Morgan fingerprint density at radius 3 is 2.68 bits per heavy atom. The SMILES string of the molecule is Cc1ccc(OC(=O)NCC2CC3CCC(C2)N3)c(-c2ccc(F)c(Cl)c2)c1. The summed E-state index contributed by atoms with van der Waals surface area (Å²) in [5.74, 6) is 0.435. The summed E-state index contributed by atoms with van der Waals surface area (Å²) < 4.78 is 19.1. The molecule has 0 radical (unpaired) electrons. The van der Waals surface area contributed by atoms with Crippen LogP contribution in [0.3, 0.4) is 0 Å². The van der Waals surface area contributed by atoms with Crippen LogP contribution in [0.25, 0.3) is 11.1 Å². The summed E-state index contributed by atoms with van der Waals surface area (Å²) in [5.41, 5.74) is 2.41. The number of ether oxygens (including phenoxy) is 1. The lowest BCUT2D eigenvalue weighted by Crippen LogP contribution is -2.42. The number of hydrogen-bond donors (Lipinski definition) is 2. The summed E-state index contributed by atoms with van der Waals surface area (Å²) in [6, 6.07) is 11.2. The third kappa shape index (κ3) is 4.31. The van der Waals surface area contributed by atoms with E-state index in [2.05, 4.69) is 10.6 Å². The van der Waals surface area contributed by atoms with Crippen LogP contribution >= 0.6 is 11.6 Å². The van der Waals surface area contributed by atoms with E-state index in [1.54, 1.807) is 18.2 Å². The molecule has 0 saturated carbocycles. The smallest absolute Gasteiger partial charge is 0.410 e. The molecule has 0 aliphatic carbocycles. The molecule has 148 valence electrons. The molecule has 6 heteroatoms. The van der Waals surface area contributed by atoms with Gasteiger partial charge in [0, 0.05) is 24.2 Å². The zero-order valence-electron chi connectivity index (χ0n) is 15.8. The Hall–Kier alpha value is -2.11.